The lowest BCUT2D eigenvalue weighted by molar-refractivity contribution is 0.0444. The summed E-state index contributed by atoms with van der Waals surface area (Å²) in [5.74, 6) is -0.358. The van der Waals surface area contributed by atoms with E-state index >= 15 is 0 Å². The van der Waals surface area contributed by atoms with Gasteiger partial charge >= 0.3 is 5.97 Å². The van der Waals surface area contributed by atoms with Gasteiger partial charge in [-0.1, -0.05) is 15.9 Å². The van der Waals surface area contributed by atoms with Gasteiger partial charge in [-0.25, -0.2) is 4.79 Å². The molecule has 0 aliphatic carbocycles. The Morgan fingerprint density at radius 2 is 2.07 bits per heavy atom. The van der Waals surface area contributed by atoms with E-state index in [0.717, 1.165) is 4.47 Å². The molecule has 1 atom stereocenters. The first-order chi connectivity index (χ1) is 7.09. The summed E-state index contributed by atoms with van der Waals surface area (Å²) in [4.78, 5) is 11.4. The van der Waals surface area contributed by atoms with Crippen LogP contribution >= 0.6 is 15.9 Å². The van der Waals surface area contributed by atoms with Gasteiger partial charge in [-0.15, -0.1) is 0 Å². The predicted octanol–water partition coefficient (Wildman–Crippen LogP) is 2.38. The third kappa shape index (κ3) is 4.44. The number of aliphatic hydroxyl groups excluding tert-OH is 1. The highest BCUT2D eigenvalue weighted by Gasteiger charge is 2.06. The van der Waals surface area contributed by atoms with Gasteiger partial charge in [-0.2, -0.15) is 0 Å². The fourth-order valence-corrected chi connectivity index (χ4v) is 1.26. The molecule has 0 spiro atoms. The molecule has 0 aliphatic rings. The summed E-state index contributed by atoms with van der Waals surface area (Å²) in [6.45, 7) is 1.90. The normalized spacial score (nSPS) is 12.2. The highest BCUT2D eigenvalue weighted by molar-refractivity contribution is 9.10. The van der Waals surface area contributed by atoms with E-state index in [-0.39, 0.29) is 12.6 Å². The van der Waals surface area contributed by atoms with Crippen molar-refractivity contribution in [1.29, 1.82) is 0 Å². The van der Waals surface area contributed by atoms with E-state index in [1.165, 1.54) is 0 Å². The molecule has 0 saturated carbocycles. The van der Waals surface area contributed by atoms with Crippen molar-refractivity contribution in [2.75, 3.05) is 6.61 Å². The topological polar surface area (TPSA) is 46.5 Å². The Kier molecular flexibility index (Phi) is 4.78. The van der Waals surface area contributed by atoms with E-state index in [2.05, 4.69) is 15.9 Å². The van der Waals surface area contributed by atoms with Gasteiger partial charge in [0.15, 0.2) is 0 Å². The van der Waals surface area contributed by atoms with Crippen molar-refractivity contribution in [3.63, 3.8) is 0 Å². The zero-order chi connectivity index (χ0) is 11.3. The zero-order valence-electron chi connectivity index (χ0n) is 8.44. The van der Waals surface area contributed by atoms with Crippen LogP contribution in [-0.2, 0) is 4.74 Å². The van der Waals surface area contributed by atoms with Crippen molar-refractivity contribution in [3.8, 4) is 0 Å². The Labute approximate surface area is 97.2 Å². The number of esters is 1. The summed E-state index contributed by atoms with van der Waals surface area (Å²) >= 11 is 3.28. The Morgan fingerprint density at radius 3 is 2.60 bits per heavy atom. The second-order valence-corrected chi connectivity index (χ2v) is 4.20. The Morgan fingerprint density at radius 1 is 1.47 bits per heavy atom. The van der Waals surface area contributed by atoms with Crippen molar-refractivity contribution in [1.82, 2.24) is 0 Å². The highest BCUT2D eigenvalue weighted by atomic mass is 79.9. The van der Waals surface area contributed by atoms with E-state index in [4.69, 9.17) is 9.84 Å². The summed E-state index contributed by atoms with van der Waals surface area (Å²) < 4.78 is 5.88. The van der Waals surface area contributed by atoms with Crippen LogP contribution in [0.3, 0.4) is 0 Å². The SMILES string of the molecule is CC(O)CCOC(=O)c1ccc(Br)cc1. The van der Waals surface area contributed by atoms with Crippen LogP contribution < -0.4 is 0 Å². The standard InChI is InChI=1S/C11H13BrO3/c1-8(13)6-7-15-11(14)9-2-4-10(12)5-3-9/h2-5,8,13H,6-7H2,1H3. The van der Waals surface area contributed by atoms with Gasteiger partial charge in [0, 0.05) is 10.9 Å². The second kappa shape index (κ2) is 5.88. The number of halogens is 1. The average molecular weight is 273 g/mol. The Hall–Kier alpha value is -0.870. The molecule has 0 aromatic heterocycles. The quantitative estimate of drug-likeness (QED) is 0.857. The summed E-state index contributed by atoms with van der Waals surface area (Å²) in [5.41, 5.74) is 0.517. The molecule has 1 unspecified atom stereocenters. The maximum Gasteiger partial charge on any atom is 0.338 e. The average Bonchev–Trinajstić information content (AvgIpc) is 2.18. The minimum absolute atomic E-state index is 0.243. The first kappa shape index (κ1) is 12.2. The van der Waals surface area contributed by atoms with Crippen LogP contribution in [-0.4, -0.2) is 23.8 Å². The van der Waals surface area contributed by atoms with Crippen LogP contribution in [0.1, 0.15) is 23.7 Å². The van der Waals surface area contributed by atoms with E-state index in [0.29, 0.717) is 12.0 Å². The van der Waals surface area contributed by atoms with Crippen LogP contribution in [0.4, 0.5) is 0 Å². The molecular weight excluding hydrogens is 260 g/mol. The van der Waals surface area contributed by atoms with Crippen LogP contribution in [0.5, 0.6) is 0 Å². The smallest absolute Gasteiger partial charge is 0.338 e. The molecule has 1 N–H and O–H groups in total. The molecule has 0 aliphatic heterocycles. The van der Waals surface area contributed by atoms with Crippen molar-refractivity contribution in [2.45, 2.75) is 19.4 Å². The van der Waals surface area contributed by atoms with Gasteiger partial charge in [-0.05, 0) is 31.2 Å². The van der Waals surface area contributed by atoms with E-state index < -0.39 is 6.10 Å². The number of carbonyl (C=O) groups is 1. The first-order valence-electron chi connectivity index (χ1n) is 4.70. The zero-order valence-corrected chi connectivity index (χ0v) is 10.0. The van der Waals surface area contributed by atoms with Crippen molar-refractivity contribution < 1.29 is 14.6 Å². The number of hydrogen-bond donors (Lipinski definition) is 1. The van der Waals surface area contributed by atoms with Gasteiger partial charge in [0.1, 0.15) is 0 Å². The summed E-state index contributed by atoms with van der Waals surface area (Å²) in [6, 6.07) is 6.94. The number of benzene rings is 1. The number of carbonyl (C=O) groups excluding carboxylic acids is 1. The molecule has 1 rings (SSSR count). The monoisotopic (exact) mass is 272 g/mol. The van der Waals surface area contributed by atoms with Gasteiger partial charge in [0.25, 0.3) is 0 Å². The van der Waals surface area contributed by atoms with E-state index in [1.807, 2.05) is 0 Å². The van der Waals surface area contributed by atoms with Crippen molar-refractivity contribution >= 4 is 21.9 Å². The molecule has 0 fully saturated rings. The van der Waals surface area contributed by atoms with Gasteiger partial charge in [-0.3, -0.25) is 0 Å². The number of ether oxygens (including phenoxy) is 1. The van der Waals surface area contributed by atoms with Crippen molar-refractivity contribution in [3.05, 3.63) is 34.3 Å². The lowest BCUT2D eigenvalue weighted by Crippen LogP contribution is -2.10. The van der Waals surface area contributed by atoms with Crippen LogP contribution in [0.25, 0.3) is 0 Å². The van der Waals surface area contributed by atoms with Gasteiger partial charge < -0.3 is 9.84 Å². The van der Waals surface area contributed by atoms with Gasteiger partial charge in [0.2, 0.25) is 0 Å². The van der Waals surface area contributed by atoms with Gasteiger partial charge in [0.05, 0.1) is 18.3 Å². The molecule has 0 saturated heterocycles. The minimum Gasteiger partial charge on any atom is -0.462 e. The molecule has 3 nitrogen and oxygen atoms in total. The fraction of sp³-hybridized carbons (Fsp3) is 0.364. The number of aliphatic hydroxyl groups is 1. The molecule has 1 aromatic rings. The molecule has 4 heteroatoms. The van der Waals surface area contributed by atoms with Crippen LogP contribution in [0.2, 0.25) is 0 Å². The first-order valence-corrected chi connectivity index (χ1v) is 5.49. The van der Waals surface area contributed by atoms with E-state index in [1.54, 1.807) is 31.2 Å². The molecule has 0 amide bonds. The minimum atomic E-state index is -0.442. The molecule has 1 aromatic carbocycles. The summed E-state index contributed by atoms with van der Waals surface area (Å²) in [5, 5.41) is 8.97. The Balaban J connectivity index is 2.43. The summed E-state index contributed by atoms with van der Waals surface area (Å²) in [6.07, 6.45) is 0.0187. The molecule has 82 valence electrons. The van der Waals surface area contributed by atoms with E-state index in [9.17, 15) is 4.79 Å². The molecule has 0 radical (unpaired) electrons. The maximum absolute atomic E-state index is 11.4. The fourth-order valence-electron chi connectivity index (χ4n) is 0.991. The van der Waals surface area contributed by atoms with Crippen molar-refractivity contribution in [2.24, 2.45) is 0 Å². The second-order valence-electron chi connectivity index (χ2n) is 3.28. The summed E-state index contributed by atoms with van der Waals surface area (Å²) in [7, 11) is 0. The molecule has 0 heterocycles. The lowest BCUT2D eigenvalue weighted by Gasteiger charge is -2.06. The third-order valence-corrected chi connectivity index (χ3v) is 2.38. The molecule has 15 heavy (non-hydrogen) atoms. The molecular formula is C11H13BrO3. The van der Waals surface area contributed by atoms with Crippen LogP contribution in [0, 0.1) is 0 Å². The largest absolute Gasteiger partial charge is 0.462 e. The number of hydrogen-bond acceptors (Lipinski definition) is 3. The maximum atomic E-state index is 11.4. The molecule has 0 bridgehead atoms. The highest BCUT2D eigenvalue weighted by Crippen LogP contribution is 2.11. The van der Waals surface area contributed by atoms with Crippen LogP contribution in [0.15, 0.2) is 28.7 Å². The predicted molar refractivity (Wildman–Crippen MR) is 60.7 cm³/mol. The number of rotatable bonds is 4. The Bertz CT molecular complexity index is 319. The lowest BCUT2D eigenvalue weighted by atomic mass is 10.2. The third-order valence-electron chi connectivity index (χ3n) is 1.85.